The zero-order chi connectivity index (χ0) is 24.1. The van der Waals surface area contributed by atoms with Crippen LogP contribution in [0.1, 0.15) is 47.3 Å². The van der Waals surface area contributed by atoms with Gasteiger partial charge >= 0.3 is 18.1 Å². The minimum absolute atomic E-state index is 0.157. The van der Waals surface area contributed by atoms with E-state index in [2.05, 4.69) is 13.0 Å². The normalized spacial score (nSPS) is 15.2. The van der Waals surface area contributed by atoms with Crippen LogP contribution in [0.2, 0.25) is 0 Å². The summed E-state index contributed by atoms with van der Waals surface area (Å²) in [5.74, 6) is -3.93. The van der Waals surface area contributed by atoms with Crippen LogP contribution in [0, 0.1) is 0 Å². The zero-order valence-electron chi connectivity index (χ0n) is 17.4. The Balaban J connectivity index is 0.000000451. The fourth-order valence-corrected chi connectivity index (χ4v) is 3.55. The van der Waals surface area contributed by atoms with Crippen LogP contribution in [-0.2, 0) is 22.4 Å². The molecule has 176 valence electrons. The van der Waals surface area contributed by atoms with Crippen molar-refractivity contribution in [3.63, 3.8) is 0 Å². The molecule has 1 aliphatic rings. The number of carboxylic acids is 2. The first kappa shape index (κ1) is 25.3. The Morgan fingerprint density at radius 1 is 1.25 bits per heavy atom. The van der Waals surface area contributed by atoms with E-state index in [1.54, 1.807) is 0 Å². The Morgan fingerprint density at radius 2 is 1.91 bits per heavy atom. The number of aromatic nitrogens is 1. The molecule has 0 bridgehead atoms. The highest BCUT2D eigenvalue weighted by atomic mass is 19.4. The molecule has 0 amide bonds. The van der Waals surface area contributed by atoms with Crippen molar-refractivity contribution in [1.29, 1.82) is 0 Å². The van der Waals surface area contributed by atoms with E-state index in [0.29, 0.717) is 25.1 Å². The summed E-state index contributed by atoms with van der Waals surface area (Å²) in [5.41, 5.74) is 7.92. The van der Waals surface area contributed by atoms with Crippen LogP contribution in [0.4, 0.5) is 13.2 Å². The summed E-state index contributed by atoms with van der Waals surface area (Å²) >= 11 is 0. The largest absolute Gasteiger partial charge is 0.490 e. The van der Waals surface area contributed by atoms with Crippen LogP contribution in [0.3, 0.4) is 0 Å². The van der Waals surface area contributed by atoms with E-state index in [1.165, 1.54) is 6.20 Å². The maximum Gasteiger partial charge on any atom is 0.490 e. The van der Waals surface area contributed by atoms with Gasteiger partial charge in [0.1, 0.15) is 5.56 Å². The number of hydrogen-bond donors (Lipinski definition) is 3. The molecule has 0 unspecified atom stereocenters. The fraction of sp³-hybridized carbons (Fsp3) is 0.476. The van der Waals surface area contributed by atoms with Gasteiger partial charge in [-0.2, -0.15) is 13.2 Å². The van der Waals surface area contributed by atoms with Crippen LogP contribution >= 0.6 is 0 Å². The molecule has 1 aromatic carbocycles. The third kappa shape index (κ3) is 6.07. The Kier molecular flexibility index (Phi) is 8.39. The summed E-state index contributed by atoms with van der Waals surface area (Å²) < 4.78 is 39.1. The third-order valence-electron chi connectivity index (χ3n) is 5.06. The number of aliphatic carboxylic acids is 1. The van der Waals surface area contributed by atoms with Gasteiger partial charge in [-0.25, -0.2) is 9.59 Å². The predicted octanol–water partition coefficient (Wildman–Crippen LogP) is 2.75. The number of aromatic carboxylic acids is 1. The van der Waals surface area contributed by atoms with E-state index < -0.39 is 23.5 Å². The molecule has 3 rings (SSSR count). The predicted molar refractivity (Wildman–Crippen MR) is 110 cm³/mol. The van der Waals surface area contributed by atoms with Crippen LogP contribution in [-0.4, -0.2) is 52.7 Å². The number of nitrogens with zero attached hydrogens (tertiary/aromatic N) is 1. The second-order valence-electron chi connectivity index (χ2n) is 7.43. The van der Waals surface area contributed by atoms with Gasteiger partial charge in [-0.05, 0) is 49.8 Å². The third-order valence-corrected chi connectivity index (χ3v) is 5.06. The molecule has 2 aromatic rings. The number of alkyl halides is 3. The summed E-state index contributed by atoms with van der Waals surface area (Å²) in [6.45, 7) is 3.74. The Labute approximate surface area is 181 Å². The summed E-state index contributed by atoms with van der Waals surface area (Å²) in [6, 6.07) is 4.18. The smallest absolute Gasteiger partial charge is 0.477 e. The van der Waals surface area contributed by atoms with Crippen molar-refractivity contribution in [1.82, 2.24) is 4.57 Å². The maximum atomic E-state index is 12.7. The van der Waals surface area contributed by atoms with Crippen LogP contribution < -0.4 is 11.2 Å². The second kappa shape index (κ2) is 10.6. The lowest BCUT2D eigenvalue weighted by Crippen LogP contribution is -2.24. The number of nitrogens with two attached hydrogens (primary N) is 1. The molecule has 11 heteroatoms. The number of benzene rings is 1. The molecule has 1 aromatic heterocycles. The minimum atomic E-state index is -5.08. The number of ether oxygens (including phenoxy) is 1. The van der Waals surface area contributed by atoms with Gasteiger partial charge < -0.3 is 25.3 Å². The van der Waals surface area contributed by atoms with Crippen LogP contribution in [0.25, 0.3) is 10.9 Å². The number of rotatable bonds is 7. The first-order valence-electron chi connectivity index (χ1n) is 9.99. The Bertz CT molecular complexity index is 1050. The van der Waals surface area contributed by atoms with Crippen molar-refractivity contribution >= 4 is 22.8 Å². The topological polar surface area (TPSA) is 132 Å². The fourth-order valence-electron chi connectivity index (χ4n) is 3.55. The Hall–Kier alpha value is -2.92. The van der Waals surface area contributed by atoms with Gasteiger partial charge in [-0.1, -0.05) is 6.07 Å². The number of carboxylic acid groups (broad SMARTS) is 2. The lowest BCUT2D eigenvalue weighted by Gasteiger charge is -2.27. The number of pyridine rings is 1. The summed E-state index contributed by atoms with van der Waals surface area (Å²) in [7, 11) is 0. The molecule has 0 spiro atoms. The lowest BCUT2D eigenvalue weighted by atomic mass is 9.93. The van der Waals surface area contributed by atoms with E-state index >= 15 is 0 Å². The van der Waals surface area contributed by atoms with Gasteiger partial charge in [-0.15, -0.1) is 0 Å². The van der Waals surface area contributed by atoms with Crippen molar-refractivity contribution < 1.29 is 37.7 Å². The number of aryl methyl sites for hydroxylation is 2. The highest BCUT2D eigenvalue weighted by molar-refractivity contribution is 5.94. The molecular weight excluding hydrogens is 433 g/mol. The molecule has 0 radical (unpaired) electrons. The highest BCUT2D eigenvalue weighted by Crippen LogP contribution is 2.31. The second-order valence-corrected chi connectivity index (χ2v) is 7.43. The molecule has 0 saturated heterocycles. The Morgan fingerprint density at radius 3 is 2.47 bits per heavy atom. The molecule has 1 aliphatic heterocycles. The number of carbonyl (C=O) groups is 2. The molecule has 0 fully saturated rings. The number of hydrogen-bond acceptors (Lipinski definition) is 5. The van der Waals surface area contributed by atoms with Crippen LogP contribution in [0.15, 0.2) is 23.1 Å². The van der Waals surface area contributed by atoms with E-state index in [4.69, 9.17) is 20.4 Å². The summed E-state index contributed by atoms with van der Waals surface area (Å²) in [5, 5.41) is 17.0. The highest BCUT2D eigenvalue weighted by Gasteiger charge is 2.38. The minimum Gasteiger partial charge on any atom is -0.477 e. The molecule has 2 heterocycles. The average Bonchev–Trinajstić information content (AvgIpc) is 2.71. The van der Waals surface area contributed by atoms with Gasteiger partial charge in [0, 0.05) is 30.8 Å². The van der Waals surface area contributed by atoms with E-state index in [0.717, 1.165) is 42.3 Å². The molecule has 8 nitrogen and oxygen atoms in total. The van der Waals surface area contributed by atoms with Crippen molar-refractivity contribution in [2.45, 2.75) is 44.8 Å². The van der Waals surface area contributed by atoms with E-state index in [9.17, 15) is 27.9 Å². The number of halogens is 3. The van der Waals surface area contributed by atoms with Gasteiger partial charge in [-0.3, -0.25) is 4.79 Å². The quantitative estimate of drug-likeness (QED) is 0.544. The van der Waals surface area contributed by atoms with Gasteiger partial charge in [0.2, 0.25) is 5.43 Å². The van der Waals surface area contributed by atoms with E-state index in [1.807, 2.05) is 10.6 Å². The summed E-state index contributed by atoms with van der Waals surface area (Å²) in [4.78, 5) is 33.0. The zero-order valence-corrected chi connectivity index (χ0v) is 17.4. The molecule has 4 N–H and O–H groups in total. The van der Waals surface area contributed by atoms with Gasteiger partial charge in [0.05, 0.1) is 12.1 Å². The summed E-state index contributed by atoms with van der Waals surface area (Å²) in [6.07, 6.45) is -0.108. The average molecular weight is 458 g/mol. The van der Waals surface area contributed by atoms with Crippen molar-refractivity contribution in [2.24, 2.45) is 5.73 Å². The van der Waals surface area contributed by atoms with Crippen molar-refractivity contribution in [2.75, 3.05) is 19.8 Å². The molecular formula is C21H25F3N2O6. The first-order chi connectivity index (χ1) is 15.0. The monoisotopic (exact) mass is 458 g/mol. The lowest BCUT2D eigenvalue weighted by molar-refractivity contribution is -0.192. The standard InChI is InChI=1S/C19H24N2O4.C2HF3O2/c1-12-4-5-14-9-13(3-2-7-25-8-6-20)10-15-17(14)21(12)11-16(18(15)22)19(23)24;3-2(4,5)1(6)7/h9-12H,2-8,20H2,1H3,(H,23,24);(H,6,7)/t12-;/m1./s1. The molecule has 32 heavy (non-hydrogen) atoms. The van der Waals surface area contributed by atoms with E-state index in [-0.39, 0.29) is 11.6 Å². The van der Waals surface area contributed by atoms with Gasteiger partial charge in [0.25, 0.3) is 0 Å². The van der Waals surface area contributed by atoms with Crippen LogP contribution in [0.5, 0.6) is 0 Å². The molecule has 1 atom stereocenters. The molecule has 0 aliphatic carbocycles. The van der Waals surface area contributed by atoms with Crippen molar-refractivity contribution in [3.05, 3.63) is 45.2 Å². The van der Waals surface area contributed by atoms with Gasteiger partial charge in [0.15, 0.2) is 0 Å². The first-order valence-corrected chi connectivity index (χ1v) is 9.99. The SMILES string of the molecule is C[C@@H]1CCc2cc(CCCOCCN)cc3c(=O)c(C(=O)O)cn1c23.O=C(O)C(F)(F)F. The van der Waals surface area contributed by atoms with Crippen molar-refractivity contribution in [3.8, 4) is 0 Å². The maximum absolute atomic E-state index is 12.7. The molecule has 0 saturated carbocycles.